The van der Waals surface area contributed by atoms with Gasteiger partial charge in [-0.05, 0) is 136 Å². The Balaban J connectivity index is 0.831. The van der Waals surface area contributed by atoms with Crippen molar-refractivity contribution >= 4 is 44.0 Å². The lowest BCUT2D eigenvalue weighted by Gasteiger charge is -2.48. The number of H-pyrrole nitrogens is 1. The molecule has 0 bridgehead atoms. The van der Waals surface area contributed by atoms with Gasteiger partial charge in [0, 0.05) is 68.3 Å². The predicted molar refractivity (Wildman–Crippen MR) is 243 cm³/mol. The maximum Gasteiger partial charge on any atom is 0.296 e. The number of sulfonamides is 1. The van der Waals surface area contributed by atoms with Gasteiger partial charge in [0.25, 0.3) is 21.6 Å². The standard InChI is InChI=1S/C48H56N8O7S/c57-47(53-64(60,61)45-28-43(56(58)59)41(31-51-45)50-29-32-14-24-62-25-15-32)40-10-9-36(27-44(40)63-37-26-34-13-20-49-46(34)52-30-37)54-22-18-48(19-23-54)16-11-35(12-17-48)55-21-3-6-42(55)39-5-2-1-4-38(39)33-7-8-33/h1-2,4-5,9-10,13,20,26-28,30-33,35,42,50H,3,6-8,11-12,14-19,21-25,29H2,(H,49,52)(H,53,57). The molecule has 15 nitrogen and oxygen atoms in total. The summed E-state index contributed by atoms with van der Waals surface area (Å²) in [5, 5.41) is 15.3. The molecule has 2 saturated carbocycles. The molecule has 1 atom stereocenters. The van der Waals surface area contributed by atoms with Gasteiger partial charge in [-0.2, -0.15) is 8.42 Å². The molecule has 5 aliphatic rings. The molecule has 3 N–H and O–H groups in total. The average Bonchev–Trinajstić information content (AvgIpc) is 3.85. The van der Waals surface area contributed by atoms with E-state index in [4.69, 9.17) is 9.47 Å². The molecular formula is C48H56N8O7S. The van der Waals surface area contributed by atoms with Crippen LogP contribution in [0.15, 0.2) is 84.3 Å². The average molecular weight is 889 g/mol. The number of fused-ring (bicyclic) bond motifs is 1. The molecule has 3 aromatic heterocycles. The molecule has 1 spiro atoms. The van der Waals surface area contributed by atoms with Gasteiger partial charge >= 0.3 is 0 Å². The van der Waals surface area contributed by atoms with E-state index in [0.717, 1.165) is 68.0 Å². The number of hydrogen-bond donors (Lipinski definition) is 3. The molecule has 1 unspecified atom stereocenters. The van der Waals surface area contributed by atoms with E-state index in [9.17, 15) is 23.3 Å². The van der Waals surface area contributed by atoms with Gasteiger partial charge in [0.05, 0.1) is 28.9 Å². The van der Waals surface area contributed by atoms with Crippen molar-refractivity contribution in [3.05, 3.63) is 106 Å². The lowest BCUT2D eigenvalue weighted by Crippen LogP contribution is -2.45. The van der Waals surface area contributed by atoms with E-state index >= 15 is 0 Å². The van der Waals surface area contributed by atoms with Crippen LogP contribution >= 0.6 is 0 Å². The lowest BCUT2D eigenvalue weighted by atomic mass is 9.66. The fourth-order valence-corrected chi connectivity index (χ4v) is 11.7. The SMILES string of the molecule is O=C(NS(=O)(=O)c1cc([N+](=O)[O-])c(NCC2CCOCC2)cn1)c1ccc(N2CCC3(CCC(N4CCCC4c4ccccc4C4CC4)CC3)CC2)cc1Oc1cnc2[nH]ccc2c1. The number of pyridine rings is 2. The number of benzene rings is 2. The van der Waals surface area contributed by atoms with Crippen molar-refractivity contribution < 1.29 is 27.6 Å². The summed E-state index contributed by atoms with van der Waals surface area (Å²) in [4.78, 5) is 42.1. The van der Waals surface area contributed by atoms with Crippen LogP contribution in [0.4, 0.5) is 17.1 Å². The summed E-state index contributed by atoms with van der Waals surface area (Å²) < 4.78 is 41.2. The van der Waals surface area contributed by atoms with Gasteiger partial charge in [0.15, 0.2) is 5.03 Å². The van der Waals surface area contributed by atoms with Crippen LogP contribution in [-0.4, -0.2) is 84.5 Å². The van der Waals surface area contributed by atoms with E-state index in [1.165, 1.54) is 57.9 Å². The zero-order valence-corrected chi connectivity index (χ0v) is 36.9. The van der Waals surface area contributed by atoms with Crippen LogP contribution in [0.1, 0.15) is 110 Å². The third-order valence-corrected chi connectivity index (χ3v) is 15.9. The van der Waals surface area contributed by atoms with Crippen molar-refractivity contribution in [2.75, 3.05) is 49.6 Å². The van der Waals surface area contributed by atoms with Crippen molar-refractivity contribution in [3.63, 3.8) is 0 Å². The molecule has 16 heteroatoms. The van der Waals surface area contributed by atoms with Gasteiger partial charge in [-0.15, -0.1) is 0 Å². The molecule has 3 aliphatic heterocycles. The number of carbonyl (C=O) groups is 1. The third-order valence-electron chi connectivity index (χ3n) is 14.6. The number of aromatic amines is 1. The Morgan fingerprint density at radius 1 is 0.906 bits per heavy atom. The number of nitro groups is 1. The molecule has 2 aromatic carbocycles. The van der Waals surface area contributed by atoms with Gasteiger partial charge in [-0.3, -0.25) is 19.8 Å². The number of carbonyl (C=O) groups excluding carboxylic acids is 1. The number of hydrogen-bond acceptors (Lipinski definition) is 12. The van der Waals surface area contributed by atoms with E-state index in [0.29, 0.717) is 48.7 Å². The molecule has 64 heavy (non-hydrogen) atoms. The smallest absolute Gasteiger partial charge is 0.296 e. The first-order chi connectivity index (χ1) is 31.1. The second kappa shape index (κ2) is 17.8. The Morgan fingerprint density at radius 3 is 2.45 bits per heavy atom. The Morgan fingerprint density at radius 2 is 1.69 bits per heavy atom. The Kier molecular flexibility index (Phi) is 11.8. The highest BCUT2D eigenvalue weighted by atomic mass is 32.2. The Hall–Kier alpha value is -5.58. The molecule has 5 fully saturated rings. The van der Waals surface area contributed by atoms with Gasteiger partial charge in [-0.25, -0.2) is 14.7 Å². The number of nitrogens with one attached hydrogen (secondary N) is 3. The van der Waals surface area contributed by atoms with Crippen molar-refractivity contribution in [2.24, 2.45) is 11.3 Å². The van der Waals surface area contributed by atoms with Gasteiger partial charge < -0.3 is 24.7 Å². The van der Waals surface area contributed by atoms with Crippen molar-refractivity contribution in [1.29, 1.82) is 0 Å². The molecule has 6 heterocycles. The quantitative estimate of drug-likeness (QED) is 0.0755. The van der Waals surface area contributed by atoms with E-state index in [1.807, 2.05) is 12.1 Å². The molecule has 3 saturated heterocycles. The highest BCUT2D eigenvalue weighted by molar-refractivity contribution is 7.90. The zero-order chi connectivity index (χ0) is 43.8. The molecule has 0 radical (unpaired) electrons. The fraction of sp³-hybridized carbons (Fsp3) is 0.479. The lowest BCUT2D eigenvalue weighted by molar-refractivity contribution is -0.384. The van der Waals surface area contributed by atoms with Crippen LogP contribution in [0.25, 0.3) is 11.0 Å². The van der Waals surface area contributed by atoms with Crippen molar-refractivity contribution in [2.45, 2.75) is 100 Å². The summed E-state index contributed by atoms with van der Waals surface area (Å²) in [7, 11) is -4.65. The summed E-state index contributed by atoms with van der Waals surface area (Å²) in [6.07, 6.45) is 18.3. The summed E-state index contributed by atoms with van der Waals surface area (Å²) in [6, 6.07) is 20.1. The van der Waals surface area contributed by atoms with E-state index in [2.05, 4.69) is 59.1 Å². The van der Waals surface area contributed by atoms with E-state index in [-0.39, 0.29) is 22.9 Å². The first kappa shape index (κ1) is 42.4. The van der Waals surface area contributed by atoms with Gasteiger partial charge in [0.1, 0.15) is 22.8 Å². The van der Waals surface area contributed by atoms with Crippen LogP contribution in [-0.2, 0) is 14.8 Å². The maximum absolute atomic E-state index is 13.9. The highest BCUT2D eigenvalue weighted by Crippen LogP contribution is 2.50. The zero-order valence-electron chi connectivity index (χ0n) is 36.0. The summed E-state index contributed by atoms with van der Waals surface area (Å²) in [6.45, 7) is 4.59. The minimum absolute atomic E-state index is 0.0301. The summed E-state index contributed by atoms with van der Waals surface area (Å²) >= 11 is 0. The number of nitrogens with zero attached hydrogens (tertiary/aromatic N) is 5. The maximum atomic E-state index is 13.9. The number of rotatable bonds is 13. The third kappa shape index (κ3) is 8.91. The molecule has 5 aromatic rings. The number of piperidine rings is 1. The first-order valence-corrected chi connectivity index (χ1v) is 24.5. The topological polar surface area (TPSA) is 185 Å². The first-order valence-electron chi connectivity index (χ1n) is 23.0. The second-order valence-electron chi connectivity index (χ2n) is 18.6. The summed E-state index contributed by atoms with van der Waals surface area (Å²) in [5.74, 6) is 0.566. The number of aromatic nitrogens is 3. The van der Waals surface area contributed by atoms with Crippen LogP contribution < -0.4 is 19.7 Å². The highest BCUT2D eigenvalue weighted by Gasteiger charge is 2.43. The van der Waals surface area contributed by atoms with Crippen LogP contribution in [0.3, 0.4) is 0 Å². The second-order valence-corrected chi connectivity index (χ2v) is 20.2. The van der Waals surface area contributed by atoms with E-state index in [1.54, 1.807) is 41.7 Å². The van der Waals surface area contributed by atoms with Crippen LogP contribution in [0.2, 0.25) is 0 Å². The molecule has 336 valence electrons. The molecule has 2 aliphatic carbocycles. The molecule has 10 rings (SSSR count). The molecule has 1 amide bonds. The number of likely N-dealkylation sites (tertiary alicyclic amines) is 1. The Bertz CT molecular complexity index is 2630. The van der Waals surface area contributed by atoms with Crippen LogP contribution in [0.5, 0.6) is 11.5 Å². The monoisotopic (exact) mass is 888 g/mol. The molecular weight excluding hydrogens is 833 g/mol. The fourth-order valence-electron chi connectivity index (χ4n) is 10.8. The number of anilines is 2. The minimum Gasteiger partial charge on any atom is -0.455 e. The van der Waals surface area contributed by atoms with Crippen molar-refractivity contribution in [1.82, 2.24) is 24.6 Å². The number of ether oxygens (including phenoxy) is 2. The summed E-state index contributed by atoms with van der Waals surface area (Å²) in [5.41, 5.74) is 4.62. The largest absolute Gasteiger partial charge is 0.455 e. The van der Waals surface area contributed by atoms with E-state index < -0.39 is 31.6 Å². The predicted octanol–water partition coefficient (Wildman–Crippen LogP) is 8.86. The van der Waals surface area contributed by atoms with Crippen molar-refractivity contribution in [3.8, 4) is 11.5 Å². The number of amides is 1. The van der Waals surface area contributed by atoms with Crippen LogP contribution in [0, 0.1) is 21.4 Å². The Labute approximate surface area is 373 Å². The normalized spacial score (nSPS) is 21.0. The van der Waals surface area contributed by atoms with Gasteiger partial charge in [0.2, 0.25) is 0 Å². The minimum atomic E-state index is -4.65. The van der Waals surface area contributed by atoms with Gasteiger partial charge in [-0.1, -0.05) is 24.3 Å².